The number of benzene rings is 1. The molecule has 1 aromatic carbocycles. The third-order valence-corrected chi connectivity index (χ3v) is 4.29. The van der Waals surface area contributed by atoms with Crippen molar-refractivity contribution in [2.75, 3.05) is 13.2 Å². The van der Waals surface area contributed by atoms with E-state index >= 15 is 0 Å². The third kappa shape index (κ3) is 5.45. The van der Waals surface area contributed by atoms with Crippen LogP contribution in [-0.4, -0.2) is 36.5 Å². The van der Waals surface area contributed by atoms with Crippen molar-refractivity contribution in [2.24, 2.45) is 0 Å². The molecule has 0 aliphatic rings. The molecule has 0 saturated carbocycles. The number of amides is 2. The number of nitrogens with zero attached hydrogens (tertiary/aromatic N) is 1. The summed E-state index contributed by atoms with van der Waals surface area (Å²) in [5, 5.41) is 4.53. The maximum Gasteiger partial charge on any atom is 0.275 e. The van der Waals surface area contributed by atoms with Gasteiger partial charge in [-0.3, -0.25) is 20.4 Å². The number of halogens is 2. The van der Waals surface area contributed by atoms with Gasteiger partial charge in [0.2, 0.25) is 5.91 Å². The molecule has 1 aromatic heterocycles. The molecule has 152 valence electrons. The Morgan fingerprint density at radius 3 is 2.32 bits per heavy atom. The van der Waals surface area contributed by atoms with E-state index < -0.39 is 18.1 Å². The predicted molar refractivity (Wildman–Crippen MR) is 104 cm³/mol. The standard InChI is InChI=1S/C18H21Cl2N3O5/c1-4-26-14(27-5-2)9-13(24)21-22-18(25)15-10(3)28-23-17(15)16-11(19)7-6-8-12(16)20/h6-8,14H,4-5,9H2,1-3H3,(H,21,24)(H,22,25). The maximum atomic E-state index is 12.6. The number of hydrazine groups is 1. The number of rotatable bonds is 8. The minimum Gasteiger partial charge on any atom is -0.360 e. The number of aromatic nitrogens is 1. The van der Waals surface area contributed by atoms with Crippen LogP contribution in [0.25, 0.3) is 11.3 Å². The Balaban J connectivity index is 2.11. The number of carbonyl (C=O) groups is 2. The molecule has 0 saturated heterocycles. The lowest BCUT2D eigenvalue weighted by molar-refractivity contribution is -0.153. The highest BCUT2D eigenvalue weighted by atomic mass is 35.5. The Morgan fingerprint density at radius 2 is 1.75 bits per heavy atom. The second kappa shape index (κ2) is 10.4. The fourth-order valence-electron chi connectivity index (χ4n) is 2.46. The van der Waals surface area contributed by atoms with Gasteiger partial charge in [-0.1, -0.05) is 34.4 Å². The van der Waals surface area contributed by atoms with Gasteiger partial charge >= 0.3 is 0 Å². The van der Waals surface area contributed by atoms with E-state index in [1.54, 1.807) is 39.0 Å². The van der Waals surface area contributed by atoms with Crippen molar-refractivity contribution in [3.63, 3.8) is 0 Å². The number of ether oxygens (including phenoxy) is 2. The molecule has 1 heterocycles. The van der Waals surface area contributed by atoms with Crippen LogP contribution in [0, 0.1) is 6.92 Å². The summed E-state index contributed by atoms with van der Waals surface area (Å²) in [5.74, 6) is -0.853. The first-order valence-corrected chi connectivity index (χ1v) is 9.37. The minimum absolute atomic E-state index is 0.0756. The van der Waals surface area contributed by atoms with Crippen LogP contribution < -0.4 is 10.9 Å². The summed E-state index contributed by atoms with van der Waals surface area (Å²) in [4.78, 5) is 24.7. The van der Waals surface area contributed by atoms with Crippen LogP contribution in [0.1, 0.15) is 36.4 Å². The highest BCUT2D eigenvalue weighted by molar-refractivity contribution is 6.39. The second-order valence-corrected chi connectivity index (χ2v) is 6.42. The van der Waals surface area contributed by atoms with Crippen LogP contribution in [0.5, 0.6) is 0 Å². The lowest BCUT2D eigenvalue weighted by Crippen LogP contribution is -2.43. The van der Waals surface area contributed by atoms with Crippen molar-refractivity contribution in [3.05, 3.63) is 39.6 Å². The average Bonchev–Trinajstić information content (AvgIpc) is 3.01. The van der Waals surface area contributed by atoms with Gasteiger partial charge in [0.15, 0.2) is 6.29 Å². The van der Waals surface area contributed by atoms with Gasteiger partial charge in [-0.15, -0.1) is 0 Å². The van der Waals surface area contributed by atoms with E-state index in [0.717, 1.165) is 0 Å². The van der Waals surface area contributed by atoms with E-state index in [1.165, 1.54) is 0 Å². The van der Waals surface area contributed by atoms with Crippen LogP contribution in [0.3, 0.4) is 0 Å². The molecule has 0 unspecified atom stereocenters. The molecule has 0 atom stereocenters. The van der Waals surface area contributed by atoms with Crippen molar-refractivity contribution >= 4 is 35.0 Å². The lowest BCUT2D eigenvalue weighted by Gasteiger charge is -2.16. The molecule has 10 heteroatoms. The monoisotopic (exact) mass is 429 g/mol. The first-order valence-electron chi connectivity index (χ1n) is 8.62. The van der Waals surface area contributed by atoms with Crippen LogP contribution in [-0.2, 0) is 14.3 Å². The normalized spacial score (nSPS) is 10.9. The van der Waals surface area contributed by atoms with E-state index in [1.807, 2.05) is 0 Å². The molecule has 2 amide bonds. The quantitative estimate of drug-likeness (QED) is 0.491. The Labute approximate surface area is 172 Å². The van der Waals surface area contributed by atoms with Crippen molar-refractivity contribution in [3.8, 4) is 11.3 Å². The fraction of sp³-hybridized carbons (Fsp3) is 0.389. The summed E-state index contributed by atoms with van der Waals surface area (Å²) < 4.78 is 15.7. The average molecular weight is 430 g/mol. The van der Waals surface area contributed by atoms with Gasteiger partial charge in [-0.25, -0.2) is 0 Å². The molecule has 2 aromatic rings. The number of hydrogen-bond donors (Lipinski definition) is 2. The fourth-order valence-corrected chi connectivity index (χ4v) is 3.04. The van der Waals surface area contributed by atoms with Gasteiger partial charge in [0.05, 0.1) is 16.5 Å². The second-order valence-electron chi connectivity index (χ2n) is 5.61. The highest BCUT2D eigenvalue weighted by Crippen LogP contribution is 2.36. The van der Waals surface area contributed by atoms with Crippen molar-refractivity contribution in [1.29, 1.82) is 0 Å². The molecular formula is C18H21Cl2N3O5. The van der Waals surface area contributed by atoms with Crippen LogP contribution >= 0.6 is 23.2 Å². The van der Waals surface area contributed by atoms with Gasteiger partial charge in [0.25, 0.3) is 5.91 Å². The topological polar surface area (TPSA) is 103 Å². The summed E-state index contributed by atoms with van der Waals surface area (Å²) in [6, 6.07) is 4.92. The first kappa shape index (κ1) is 22.2. The molecule has 8 nitrogen and oxygen atoms in total. The number of aryl methyl sites for hydroxylation is 1. The summed E-state index contributed by atoms with van der Waals surface area (Å²) in [7, 11) is 0. The van der Waals surface area contributed by atoms with E-state index in [0.29, 0.717) is 28.8 Å². The van der Waals surface area contributed by atoms with E-state index in [9.17, 15) is 9.59 Å². The Kier molecular flexibility index (Phi) is 8.25. The van der Waals surface area contributed by atoms with Gasteiger partial charge < -0.3 is 14.0 Å². The van der Waals surface area contributed by atoms with Crippen LogP contribution in [0.2, 0.25) is 10.0 Å². The van der Waals surface area contributed by atoms with Crippen LogP contribution in [0.15, 0.2) is 22.7 Å². The number of hydrogen-bond acceptors (Lipinski definition) is 6. The first-order chi connectivity index (χ1) is 13.4. The Bertz CT molecular complexity index is 814. The molecule has 0 bridgehead atoms. The van der Waals surface area contributed by atoms with Gasteiger partial charge in [-0.05, 0) is 32.9 Å². The zero-order valence-electron chi connectivity index (χ0n) is 15.7. The molecular weight excluding hydrogens is 409 g/mol. The SMILES string of the molecule is CCOC(CC(=O)NNC(=O)c1c(-c2c(Cl)cccc2Cl)noc1C)OCC. The van der Waals surface area contributed by atoms with Gasteiger partial charge in [0, 0.05) is 18.8 Å². The van der Waals surface area contributed by atoms with Crippen LogP contribution in [0.4, 0.5) is 0 Å². The smallest absolute Gasteiger partial charge is 0.275 e. The summed E-state index contributed by atoms with van der Waals surface area (Å²) in [6.45, 7) is 5.94. The molecule has 0 aliphatic carbocycles. The molecule has 0 fully saturated rings. The number of carbonyl (C=O) groups excluding carboxylic acids is 2. The van der Waals surface area contributed by atoms with Crippen molar-refractivity contribution < 1.29 is 23.6 Å². The molecule has 0 radical (unpaired) electrons. The molecule has 0 spiro atoms. The minimum atomic E-state index is -0.693. The molecule has 2 rings (SSSR count). The van der Waals surface area contributed by atoms with Gasteiger partial charge in [-0.2, -0.15) is 0 Å². The maximum absolute atomic E-state index is 12.6. The largest absolute Gasteiger partial charge is 0.360 e. The Morgan fingerprint density at radius 1 is 1.14 bits per heavy atom. The number of nitrogens with one attached hydrogen (secondary N) is 2. The van der Waals surface area contributed by atoms with Gasteiger partial charge in [0.1, 0.15) is 17.0 Å². The third-order valence-electron chi connectivity index (χ3n) is 3.66. The molecule has 28 heavy (non-hydrogen) atoms. The van der Waals surface area contributed by atoms with Crippen molar-refractivity contribution in [1.82, 2.24) is 16.0 Å². The Hall–Kier alpha value is -2.13. The van der Waals surface area contributed by atoms with E-state index in [2.05, 4.69) is 16.0 Å². The molecule has 2 N–H and O–H groups in total. The van der Waals surface area contributed by atoms with Crippen molar-refractivity contribution in [2.45, 2.75) is 33.5 Å². The lowest BCUT2D eigenvalue weighted by atomic mass is 10.1. The predicted octanol–water partition coefficient (Wildman–Crippen LogP) is 3.51. The molecule has 0 aliphatic heterocycles. The zero-order valence-corrected chi connectivity index (χ0v) is 17.2. The van der Waals surface area contributed by atoms with E-state index in [4.69, 9.17) is 37.2 Å². The summed E-state index contributed by atoms with van der Waals surface area (Å²) in [5.41, 5.74) is 5.31. The highest BCUT2D eigenvalue weighted by Gasteiger charge is 2.25. The van der Waals surface area contributed by atoms with E-state index in [-0.39, 0.29) is 23.4 Å². The zero-order chi connectivity index (χ0) is 20.7. The summed E-state index contributed by atoms with van der Waals surface area (Å²) in [6.07, 6.45) is -0.768. The summed E-state index contributed by atoms with van der Waals surface area (Å²) >= 11 is 12.4.